The Balaban J connectivity index is 1.68. The fourth-order valence-electron chi connectivity index (χ4n) is 3.08. The van der Waals surface area contributed by atoms with Crippen molar-refractivity contribution in [1.82, 2.24) is 15.0 Å². The van der Waals surface area contributed by atoms with E-state index in [-0.39, 0.29) is 5.56 Å². The highest BCUT2D eigenvalue weighted by atomic mass is 16.4. The number of para-hydroxylation sites is 2. The highest BCUT2D eigenvalue weighted by molar-refractivity contribution is 5.94. The second-order valence-electron chi connectivity index (χ2n) is 6.44. The Hall–Kier alpha value is -3.68. The van der Waals surface area contributed by atoms with E-state index in [9.17, 15) is 9.90 Å². The molecule has 2 aromatic carbocycles. The Morgan fingerprint density at radius 3 is 2.21 bits per heavy atom. The standard InChI is InChI=1S/C20H20N6O2/c27-17(28)15-10-4-5-11-16(15)22-19-23-18(21-14-8-2-1-3-9-14)24-20(25-19)26-12-6-7-13-26/h1-5,8-11H,6-7,12-13H2,(H,27,28)(H2,21,22,23,24,25). The molecule has 0 unspecified atom stereocenters. The van der Waals surface area contributed by atoms with Crippen LogP contribution in [-0.2, 0) is 0 Å². The lowest BCUT2D eigenvalue weighted by Gasteiger charge is -2.17. The van der Waals surface area contributed by atoms with Crippen LogP contribution in [0.15, 0.2) is 54.6 Å². The van der Waals surface area contributed by atoms with Gasteiger partial charge in [-0.2, -0.15) is 15.0 Å². The first-order chi connectivity index (χ1) is 13.7. The van der Waals surface area contributed by atoms with E-state index in [0.29, 0.717) is 23.5 Å². The number of aromatic carboxylic acids is 1. The molecular weight excluding hydrogens is 356 g/mol. The summed E-state index contributed by atoms with van der Waals surface area (Å²) >= 11 is 0. The summed E-state index contributed by atoms with van der Waals surface area (Å²) in [5.74, 6) is 0.253. The van der Waals surface area contributed by atoms with Crippen LogP contribution in [-0.4, -0.2) is 39.1 Å². The van der Waals surface area contributed by atoms with E-state index < -0.39 is 5.97 Å². The molecule has 8 nitrogen and oxygen atoms in total. The van der Waals surface area contributed by atoms with Gasteiger partial charge in [0.25, 0.3) is 0 Å². The number of carboxylic acid groups (broad SMARTS) is 1. The lowest BCUT2D eigenvalue weighted by molar-refractivity contribution is 0.0698. The number of hydrogen-bond acceptors (Lipinski definition) is 7. The maximum Gasteiger partial charge on any atom is 0.337 e. The summed E-state index contributed by atoms with van der Waals surface area (Å²) < 4.78 is 0. The van der Waals surface area contributed by atoms with Crippen LogP contribution in [0.2, 0.25) is 0 Å². The van der Waals surface area contributed by atoms with Gasteiger partial charge in [-0.3, -0.25) is 0 Å². The molecule has 1 aliphatic rings. The smallest absolute Gasteiger partial charge is 0.337 e. The lowest BCUT2D eigenvalue weighted by atomic mass is 10.2. The predicted octanol–water partition coefficient (Wildman–Crippen LogP) is 3.66. The topological polar surface area (TPSA) is 103 Å². The SMILES string of the molecule is O=C(O)c1ccccc1Nc1nc(Nc2ccccc2)nc(N2CCCC2)n1. The zero-order valence-electron chi connectivity index (χ0n) is 15.2. The van der Waals surface area contributed by atoms with Gasteiger partial charge in [-0.25, -0.2) is 4.79 Å². The van der Waals surface area contributed by atoms with Gasteiger partial charge in [0.1, 0.15) is 0 Å². The zero-order valence-corrected chi connectivity index (χ0v) is 15.2. The van der Waals surface area contributed by atoms with Crippen molar-refractivity contribution in [2.24, 2.45) is 0 Å². The molecular formula is C20H20N6O2. The van der Waals surface area contributed by atoms with Crippen LogP contribution in [0, 0.1) is 0 Å². The fourth-order valence-corrected chi connectivity index (χ4v) is 3.08. The minimum absolute atomic E-state index is 0.156. The fraction of sp³-hybridized carbons (Fsp3) is 0.200. The van der Waals surface area contributed by atoms with Crippen LogP contribution in [0.25, 0.3) is 0 Å². The summed E-state index contributed by atoms with van der Waals surface area (Å²) in [6, 6.07) is 16.3. The number of rotatable bonds is 6. The Bertz CT molecular complexity index is 973. The highest BCUT2D eigenvalue weighted by Gasteiger charge is 2.18. The molecule has 28 heavy (non-hydrogen) atoms. The van der Waals surface area contributed by atoms with Gasteiger partial charge in [-0.1, -0.05) is 30.3 Å². The summed E-state index contributed by atoms with van der Waals surface area (Å²) in [5, 5.41) is 15.6. The maximum atomic E-state index is 11.5. The summed E-state index contributed by atoms with van der Waals surface area (Å²) in [5.41, 5.74) is 1.44. The Kier molecular flexibility index (Phi) is 5.01. The second-order valence-corrected chi connectivity index (χ2v) is 6.44. The monoisotopic (exact) mass is 376 g/mol. The molecule has 0 saturated carbocycles. The number of nitrogens with one attached hydrogen (secondary N) is 2. The number of nitrogens with zero attached hydrogens (tertiary/aromatic N) is 4. The van der Waals surface area contributed by atoms with Gasteiger partial charge in [0.05, 0.1) is 11.3 Å². The average Bonchev–Trinajstić information content (AvgIpc) is 3.24. The number of carboxylic acids is 1. The summed E-state index contributed by atoms with van der Waals surface area (Å²) in [7, 11) is 0. The molecule has 4 rings (SSSR count). The quantitative estimate of drug-likeness (QED) is 0.599. The molecule has 3 N–H and O–H groups in total. The van der Waals surface area contributed by atoms with Crippen LogP contribution in [0.1, 0.15) is 23.2 Å². The molecule has 142 valence electrons. The van der Waals surface area contributed by atoms with E-state index in [4.69, 9.17) is 0 Å². The van der Waals surface area contributed by atoms with Gasteiger partial charge < -0.3 is 20.6 Å². The molecule has 1 fully saturated rings. The number of benzene rings is 2. The Labute approximate surface area is 162 Å². The molecule has 1 aliphatic heterocycles. The first-order valence-electron chi connectivity index (χ1n) is 9.11. The molecule has 0 radical (unpaired) electrons. The number of hydrogen-bond donors (Lipinski definition) is 3. The van der Waals surface area contributed by atoms with E-state index in [2.05, 4.69) is 30.5 Å². The van der Waals surface area contributed by atoms with Crippen molar-refractivity contribution in [1.29, 1.82) is 0 Å². The first-order valence-corrected chi connectivity index (χ1v) is 9.11. The van der Waals surface area contributed by atoms with Gasteiger partial charge in [0, 0.05) is 18.8 Å². The minimum atomic E-state index is -1.01. The van der Waals surface area contributed by atoms with E-state index in [1.165, 1.54) is 6.07 Å². The van der Waals surface area contributed by atoms with E-state index in [1.54, 1.807) is 18.2 Å². The largest absolute Gasteiger partial charge is 0.478 e. The van der Waals surface area contributed by atoms with Gasteiger partial charge in [0.15, 0.2) is 0 Å². The van der Waals surface area contributed by atoms with E-state index >= 15 is 0 Å². The van der Waals surface area contributed by atoms with Crippen LogP contribution in [0.4, 0.5) is 29.2 Å². The summed E-state index contributed by atoms with van der Waals surface area (Å²) in [6.07, 6.45) is 2.19. The molecule has 1 aromatic heterocycles. The van der Waals surface area contributed by atoms with Gasteiger partial charge in [0.2, 0.25) is 17.8 Å². The Morgan fingerprint density at radius 1 is 0.857 bits per heavy atom. The molecule has 1 saturated heterocycles. The molecule has 2 heterocycles. The van der Waals surface area contributed by atoms with Crippen LogP contribution < -0.4 is 15.5 Å². The van der Waals surface area contributed by atoms with Crippen molar-refractivity contribution in [3.8, 4) is 0 Å². The molecule has 0 atom stereocenters. The van der Waals surface area contributed by atoms with Crippen molar-refractivity contribution in [2.45, 2.75) is 12.8 Å². The molecule has 0 amide bonds. The van der Waals surface area contributed by atoms with Crippen LogP contribution >= 0.6 is 0 Å². The molecule has 8 heteroatoms. The molecule has 0 bridgehead atoms. The molecule has 0 spiro atoms. The summed E-state index contributed by atoms with van der Waals surface area (Å²) in [4.78, 5) is 27.1. The van der Waals surface area contributed by atoms with E-state index in [1.807, 2.05) is 30.3 Å². The number of anilines is 5. The van der Waals surface area contributed by atoms with Crippen molar-refractivity contribution in [2.75, 3.05) is 28.6 Å². The number of carbonyl (C=O) groups is 1. The third-order valence-electron chi connectivity index (χ3n) is 4.45. The van der Waals surface area contributed by atoms with Crippen molar-refractivity contribution < 1.29 is 9.90 Å². The van der Waals surface area contributed by atoms with Crippen LogP contribution in [0.5, 0.6) is 0 Å². The third-order valence-corrected chi connectivity index (χ3v) is 4.45. The van der Waals surface area contributed by atoms with Crippen LogP contribution in [0.3, 0.4) is 0 Å². The normalized spacial score (nSPS) is 13.4. The highest BCUT2D eigenvalue weighted by Crippen LogP contribution is 2.24. The summed E-state index contributed by atoms with van der Waals surface area (Å²) in [6.45, 7) is 1.78. The lowest BCUT2D eigenvalue weighted by Crippen LogP contribution is -2.22. The van der Waals surface area contributed by atoms with Gasteiger partial charge in [-0.05, 0) is 37.1 Å². The second kappa shape index (κ2) is 7.91. The van der Waals surface area contributed by atoms with E-state index in [0.717, 1.165) is 31.6 Å². The molecule has 3 aromatic rings. The zero-order chi connectivity index (χ0) is 19.3. The van der Waals surface area contributed by atoms with Crippen molar-refractivity contribution >= 4 is 35.2 Å². The third kappa shape index (κ3) is 4.01. The first kappa shape index (κ1) is 17.7. The minimum Gasteiger partial charge on any atom is -0.478 e. The maximum absolute atomic E-state index is 11.5. The average molecular weight is 376 g/mol. The van der Waals surface area contributed by atoms with Gasteiger partial charge in [-0.15, -0.1) is 0 Å². The Morgan fingerprint density at radius 2 is 1.50 bits per heavy atom. The molecule has 0 aliphatic carbocycles. The predicted molar refractivity (Wildman–Crippen MR) is 108 cm³/mol. The number of aromatic nitrogens is 3. The van der Waals surface area contributed by atoms with Crippen molar-refractivity contribution in [3.63, 3.8) is 0 Å². The van der Waals surface area contributed by atoms with Gasteiger partial charge >= 0.3 is 5.97 Å². The van der Waals surface area contributed by atoms with Crippen molar-refractivity contribution in [3.05, 3.63) is 60.2 Å².